The Labute approximate surface area is 151 Å². The SMILES string of the molecule is Cc1cc(N2C[C@H](C)O[C@H](C)C2C)ccc1NCc1ccc(N)cc1. The maximum Gasteiger partial charge on any atom is 0.0751 e. The lowest BCUT2D eigenvalue weighted by molar-refractivity contribution is -0.0257. The zero-order valence-corrected chi connectivity index (χ0v) is 15.6. The summed E-state index contributed by atoms with van der Waals surface area (Å²) in [4.78, 5) is 2.45. The van der Waals surface area contributed by atoms with Gasteiger partial charge in [-0.25, -0.2) is 0 Å². The van der Waals surface area contributed by atoms with Crippen LogP contribution in [0.1, 0.15) is 31.9 Å². The first kappa shape index (κ1) is 17.6. The van der Waals surface area contributed by atoms with E-state index >= 15 is 0 Å². The molecule has 0 amide bonds. The van der Waals surface area contributed by atoms with E-state index in [-0.39, 0.29) is 12.2 Å². The molecule has 134 valence electrons. The van der Waals surface area contributed by atoms with Crippen LogP contribution in [0.25, 0.3) is 0 Å². The van der Waals surface area contributed by atoms with Crippen LogP contribution >= 0.6 is 0 Å². The van der Waals surface area contributed by atoms with Gasteiger partial charge in [0.05, 0.1) is 18.2 Å². The monoisotopic (exact) mass is 339 g/mol. The van der Waals surface area contributed by atoms with Gasteiger partial charge in [0.1, 0.15) is 0 Å². The normalized spacial score (nSPS) is 23.5. The molecule has 1 heterocycles. The molecule has 25 heavy (non-hydrogen) atoms. The number of aryl methyl sites for hydroxylation is 1. The largest absolute Gasteiger partial charge is 0.399 e. The second kappa shape index (κ2) is 7.36. The second-order valence-corrected chi connectivity index (χ2v) is 7.14. The van der Waals surface area contributed by atoms with E-state index in [0.29, 0.717) is 6.04 Å². The Morgan fingerprint density at radius 1 is 1.12 bits per heavy atom. The highest BCUT2D eigenvalue weighted by Gasteiger charge is 2.29. The van der Waals surface area contributed by atoms with Crippen molar-refractivity contribution in [1.82, 2.24) is 0 Å². The van der Waals surface area contributed by atoms with Crippen LogP contribution in [-0.2, 0) is 11.3 Å². The number of nitrogens with zero attached hydrogens (tertiary/aromatic N) is 1. The molecule has 3 rings (SSSR count). The Kier molecular flexibility index (Phi) is 5.19. The van der Waals surface area contributed by atoms with Gasteiger partial charge in [-0.1, -0.05) is 12.1 Å². The molecule has 4 nitrogen and oxygen atoms in total. The van der Waals surface area contributed by atoms with E-state index in [0.717, 1.165) is 18.8 Å². The van der Waals surface area contributed by atoms with E-state index in [4.69, 9.17) is 10.5 Å². The third-order valence-corrected chi connectivity index (χ3v) is 5.08. The predicted molar refractivity (Wildman–Crippen MR) is 106 cm³/mol. The lowest BCUT2D eigenvalue weighted by Crippen LogP contribution is -2.52. The first-order valence-electron chi connectivity index (χ1n) is 9.05. The van der Waals surface area contributed by atoms with Crippen molar-refractivity contribution in [3.05, 3.63) is 53.6 Å². The van der Waals surface area contributed by atoms with Crippen LogP contribution in [0.15, 0.2) is 42.5 Å². The Bertz CT molecular complexity index is 714. The fraction of sp³-hybridized carbons (Fsp3) is 0.429. The number of nitrogen functional groups attached to an aromatic ring is 1. The summed E-state index contributed by atoms with van der Waals surface area (Å²) in [6, 6.07) is 15.0. The van der Waals surface area contributed by atoms with E-state index in [9.17, 15) is 0 Å². The second-order valence-electron chi connectivity index (χ2n) is 7.14. The van der Waals surface area contributed by atoms with Crippen LogP contribution in [0.3, 0.4) is 0 Å². The molecule has 3 N–H and O–H groups in total. The van der Waals surface area contributed by atoms with Gasteiger partial charge < -0.3 is 20.7 Å². The molecule has 4 heteroatoms. The zero-order valence-electron chi connectivity index (χ0n) is 15.6. The van der Waals surface area contributed by atoms with E-state index in [1.807, 2.05) is 12.1 Å². The van der Waals surface area contributed by atoms with Crippen molar-refractivity contribution in [3.8, 4) is 0 Å². The minimum Gasteiger partial charge on any atom is -0.399 e. The molecule has 2 aromatic rings. The van der Waals surface area contributed by atoms with Crippen LogP contribution in [0.5, 0.6) is 0 Å². The maximum atomic E-state index is 5.94. The molecule has 0 bridgehead atoms. The highest BCUT2D eigenvalue weighted by Crippen LogP contribution is 2.28. The van der Waals surface area contributed by atoms with Crippen LogP contribution in [0.2, 0.25) is 0 Å². The molecule has 0 radical (unpaired) electrons. The molecule has 1 saturated heterocycles. The van der Waals surface area contributed by atoms with Crippen molar-refractivity contribution >= 4 is 17.1 Å². The predicted octanol–water partition coefficient (Wildman–Crippen LogP) is 4.19. The molecule has 0 aromatic heterocycles. The van der Waals surface area contributed by atoms with Gasteiger partial charge in [0.2, 0.25) is 0 Å². The van der Waals surface area contributed by atoms with Crippen molar-refractivity contribution in [2.45, 2.75) is 52.5 Å². The average Bonchev–Trinajstić information content (AvgIpc) is 2.58. The van der Waals surface area contributed by atoms with Crippen LogP contribution in [0, 0.1) is 6.92 Å². The summed E-state index contributed by atoms with van der Waals surface area (Å²) in [7, 11) is 0. The van der Waals surface area contributed by atoms with Crippen molar-refractivity contribution in [3.63, 3.8) is 0 Å². The number of nitrogens with one attached hydrogen (secondary N) is 1. The number of hydrogen-bond acceptors (Lipinski definition) is 4. The zero-order chi connectivity index (χ0) is 18.0. The fourth-order valence-corrected chi connectivity index (χ4v) is 3.42. The maximum absolute atomic E-state index is 5.94. The quantitative estimate of drug-likeness (QED) is 0.820. The Morgan fingerprint density at radius 2 is 1.84 bits per heavy atom. The molecule has 1 fully saturated rings. The Hall–Kier alpha value is -2.20. The van der Waals surface area contributed by atoms with Crippen LogP contribution in [-0.4, -0.2) is 24.8 Å². The summed E-state index contributed by atoms with van der Waals surface area (Å²) in [6.07, 6.45) is 0.502. The van der Waals surface area contributed by atoms with Gasteiger partial charge in [-0.05, 0) is 69.2 Å². The third-order valence-electron chi connectivity index (χ3n) is 5.08. The van der Waals surface area contributed by atoms with E-state index in [2.05, 4.69) is 68.2 Å². The number of nitrogens with two attached hydrogens (primary N) is 1. The van der Waals surface area contributed by atoms with Gasteiger partial charge in [0.15, 0.2) is 0 Å². The van der Waals surface area contributed by atoms with Crippen LogP contribution in [0.4, 0.5) is 17.1 Å². The highest BCUT2D eigenvalue weighted by molar-refractivity contribution is 5.61. The minimum absolute atomic E-state index is 0.243. The molecule has 1 aliphatic heterocycles. The van der Waals surface area contributed by atoms with Crippen molar-refractivity contribution in [2.24, 2.45) is 0 Å². The Morgan fingerprint density at radius 3 is 2.52 bits per heavy atom. The van der Waals surface area contributed by atoms with Gasteiger partial charge in [-0.2, -0.15) is 0 Å². The van der Waals surface area contributed by atoms with Gasteiger partial charge in [-0.3, -0.25) is 0 Å². The number of anilines is 3. The number of ether oxygens (including phenoxy) is 1. The molecule has 2 aromatic carbocycles. The van der Waals surface area contributed by atoms with Gasteiger partial charge in [-0.15, -0.1) is 0 Å². The molecule has 0 saturated carbocycles. The smallest absolute Gasteiger partial charge is 0.0751 e. The number of rotatable bonds is 4. The summed E-state index contributed by atoms with van der Waals surface area (Å²) in [5, 5.41) is 3.52. The number of hydrogen-bond donors (Lipinski definition) is 2. The first-order valence-corrected chi connectivity index (χ1v) is 9.05. The molecular formula is C21H29N3O. The summed E-state index contributed by atoms with van der Waals surface area (Å²) >= 11 is 0. The van der Waals surface area contributed by atoms with Gasteiger partial charge in [0.25, 0.3) is 0 Å². The third kappa shape index (κ3) is 4.07. The molecule has 1 unspecified atom stereocenters. The van der Waals surface area contributed by atoms with Crippen molar-refractivity contribution < 1.29 is 4.74 Å². The summed E-state index contributed by atoms with van der Waals surface area (Å²) in [5.41, 5.74) is 11.5. The average molecular weight is 339 g/mol. The topological polar surface area (TPSA) is 50.5 Å². The Balaban J connectivity index is 1.71. The molecule has 0 spiro atoms. The molecule has 1 aliphatic rings. The van der Waals surface area contributed by atoms with Gasteiger partial charge in [0, 0.05) is 30.2 Å². The summed E-state index contributed by atoms with van der Waals surface area (Å²) in [5.74, 6) is 0. The number of benzene rings is 2. The minimum atomic E-state index is 0.243. The first-order chi connectivity index (χ1) is 11.9. The van der Waals surface area contributed by atoms with E-state index in [1.54, 1.807) is 0 Å². The fourth-order valence-electron chi connectivity index (χ4n) is 3.42. The molecular weight excluding hydrogens is 310 g/mol. The van der Waals surface area contributed by atoms with Crippen molar-refractivity contribution in [1.29, 1.82) is 0 Å². The van der Waals surface area contributed by atoms with Crippen LogP contribution < -0.4 is 16.0 Å². The molecule has 3 atom stereocenters. The highest BCUT2D eigenvalue weighted by atomic mass is 16.5. The summed E-state index contributed by atoms with van der Waals surface area (Å²) < 4.78 is 5.94. The standard InChI is InChI=1S/C21H29N3O/c1-14-11-20(24-13-15(2)25-17(4)16(24)3)9-10-21(14)23-12-18-5-7-19(22)8-6-18/h5-11,15-17,23H,12-13,22H2,1-4H3/t15-,16?,17+/m0/s1. The van der Waals surface area contributed by atoms with E-state index < -0.39 is 0 Å². The van der Waals surface area contributed by atoms with Crippen molar-refractivity contribution in [2.75, 3.05) is 22.5 Å². The number of morpholine rings is 1. The molecule has 0 aliphatic carbocycles. The van der Waals surface area contributed by atoms with Gasteiger partial charge >= 0.3 is 0 Å². The summed E-state index contributed by atoms with van der Waals surface area (Å²) in [6.45, 7) is 10.4. The van der Waals surface area contributed by atoms with E-state index in [1.165, 1.54) is 22.5 Å². The lowest BCUT2D eigenvalue weighted by Gasteiger charge is -2.42. The lowest BCUT2D eigenvalue weighted by atomic mass is 10.1.